The van der Waals surface area contributed by atoms with Gasteiger partial charge in [0.25, 0.3) is 0 Å². The van der Waals surface area contributed by atoms with Crippen LogP contribution in [0.2, 0.25) is 10.0 Å². The molecule has 3 atom stereocenters. The quantitative estimate of drug-likeness (QED) is 0.105. The molecule has 3 heterocycles. The van der Waals surface area contributed by atoms with Crippen molar-refractivity contribution >= 4 is 61.6 Å². The molecule has 2 aliphatic heterocycles. The average Bonchev–Trinajstić information content (AvgIpc) is 3.81. The van der Waals surface area contributed by atoms with E-state index in [0.29, 0.717) is 67.0 Å². The highest BCUT2D eigenvalue weighted by Crippen LogP contribution is 2.42. The lowest BCUT2D eigenvalue weighted by Gasteiger charge is -2.37. The number of carbonyl (C=O) groups is 2. The molecule has 344 valence electrons. The lowest BCUT2D eigenvalue weighted by atomic mass is 9.93. The van der Waals surface area contributed by atoms with Crippen molar-refractivity contribution in [1.82, 2.24) is 14.6 Å². The van der Waals surface area contributed by atoms with E-state index in [-0.39, 0.29) is 30.9 Å². The van der Waals surface area contributed by atoms with Crippen molar-refractivity contribution in [2.24, 2.45) is 0 Å². The zero-order valence-corrected chi connectivity index (χ0v) is 39.4. The van der Waals surface area contributed by atoms with Crippen LogP contribution in [0.1, 0.15) is 39.5 Å². The maximum Gasteiger partial charge on any atom is 0.328 e. The number of nitrogens with zero attached hydrogens (tertiary/aromatic N) is 3. The van der Waals surface area contributed by atoms with Crippen LogP contribution in [0.3, 0.4) is 0 Å². The minimum atomic E-state index is -4.35. The number of thiazole rings is 1. The van der Waals surface area contributed by atoms with Gasteiger partial charge in [-0.2, -0.15) is 9.57 Å². The van der Waals surface area contributed by atoms with Gasteiger partial charge in [-0.1, -0.05) is 89.9 Å². The molecule has 6 aromatic carbocycles. The molecule has 68 heavy (non-hydrogen) atoms. The molecular formula is C51H41Cl2N5O8S2. The molecule has 7 aromatic rings. The van der Waals surface area contributed by atoms with Crippen LogP contribution in [0.25, 0.3) is 22.4 Å². The number of carbonyl (C=O) groups excluding carboxylic acids is 2. The second-order valence-electron chi connectivity index (χ2n) is 16.1. The molecule has 0 saturated heterocycles. The summed E-state index contributed by atoms with van der Waals surface area (Å²) in [4.78, 5) is 32.1. The fraction of sp³-hybridized carbons (Fsp3) is 0.176. The smallest absolute Gasteiger partial charge is 0.328 e. The van der Waals surface area contributed by atoms with Crippen LogP contribution < -0.4 is 25.3 Å². The number of hydrogen-bond acceptors (Lipinski definition) is 12. The first-order valence-electron chi connectivity index (χ1n) is 21.3. The lowest BCUT2D eigenvalue weighted by Crippen LogP contribution is -2.56. The molecule has 1 unspecified atom stereocenters. The Bertz CT molecular complexity index is 3160. The lowest BCUT2D eigenvalue weighted by molar-refractivity contribution is -0.145. The highest BCUT2D eigenvalue weighted by molar-refractivity contribution is 7.89. The van der Waals surface area contributed by atoms with Crippen molar-refractivity contribution in [3.63, 3.8) is 0 Å². The first-order valence-corrected chi connectivity index (χ1v) is 24.4. The zero-order valence-electron chi connectivity index (χ0n) is 36.2. The number of rotatable bonds is 13. The fourth-order valence-corrected chi connectivity index (χ4v) is 10.6. The molecule has 17 heteroatoms. The number of sulfonamides is 1. The van der Waals surface area contributed by atoms with Crippen LogP contribution in [0.4, 0.5) is 5.13 Å². The Balaban J connectivity index is 0.961. The fourth-order valence-electron chi connectivity index (χ4n) is 8.11. The predicted octanol–water partition coefficient (Wildman–Crippen LogP) is 9.35. The second kappa shape index (κ2) is 19.7. The SMILES string of the molecule is COC(=O)[C@H](Cc1ccc(-c2ccc(C#N)cc2)cc1)NC(=O)C1Cc2cc3c(cc2CN1S(=O)(=O)c1ccc(-c2csc(N)n2)cc1)O[C@@H](c1ccc(OCc2ccc(Cl)c(Cl)c2)cc1)CO3. The van der Waals surface area contributed by atoms with Crippen molar-refractivity contribution < 1.29 is 37.0 Å². The Kier molecular flexibility index (Phi) is 13.4. The number of fused-ring (bicyclic) bond motifs is 2. The van der Waals surface area contributed by atoms with Crippen molar-refractivity contribution in [1.29, 1.82) is 5.26 Å². The molecule has 3 N–H and O–H groups in total. The molecule has 1 aromatic heterocycles. The third kappa shape index (κ3) is 10.0. The summed E-state index contributed by atoms with van der Waals surface area (Å²) < 4.78 is 54.5. The number of esters is 1. The maximum atomic E-state index is 14.8. The summed E-state index contributed by atoms with van der Waals surface area (Å²) in [5.74, 6) is 0.132. The monoisotopic (exact) mass is 985 g/mol. The van der Waals surface area contributed by atoms with Gasteiger partial charge in [-0.25, -0.2) is 18.2 Å². The van der Waals surface area contributed by atoms with Gasteiger partial charge in [0, 0.05) is 23.9 Å². The van der Waals surface area contributed by atoms with E-state index in [9.17, 15) is 23.3 Å². The van der Waals surface area contributed by atoms with Crippen LogP contribution in [0, 0.1) is 11.3 Å². The van der Waals surface area contributed by atoms with Gasteiger partial charge in [-0.15, -0.1) is 11.3 Å². The summed E-state index contributed by atoms with van der Waals surface area (Å²) in [7, 11) is -3.13. The number of benzene rings is 6. The van der Waals surface area contributed by atoms with Gasteiger partial charge in [0.1, 0.15) is 31.0 Å². The molecule has 9 rings (SSSR count). The molecular weight excluding hydrogens is 946 g/mol. The van der Waals surface area contributed by atoms with Gasteiger partial charge in [0.2, 0.25) is 15.9 Å². The number of nitrogens with one attached hydrogen (secondary N) is 1. The molecule has 1 amide bonds. The number of nitrogen functional groups attached to an aromatic ring is 1. The molecule has 0 fully saturated rings. The Morgan fingerprint density at radius 1 is 0.882 bits per heavy atom. The normalized spacial score (nSPS) is 15.9. The number of nitrogens with two attached hydrogens (primary N) is 1. The Labute approximate surface area is 406 Å². The molecule has 0 bridgehead atoms. The van der Waals surface area contributed by atoms with Gasteiger partial charge < -0.3 is 30.0 Å². The largest absolute Gasteiger partial charge is 0.489 e. The van der Waals surface area contributed by atoms with Crippen LogP contribution in [0.15, 0.2) is 138 Å². The van der Waals surface area contributed by atoms with Gasteiger partial charge in [-0.05, 0) is 106 Å². The standard InChI is InChI=1S/C51H41Cl2N5O8S2/c1-63-50(60)43(21-30-2-7-33(8-3-30)34-9-4-31(25-54)5-10-34)56-49(59)45-22-37-23-46-47(24-38(37)26-58(45)68(61,62)40-17-13-35(14-18-40)44-29-67-51(55)57-44)66-48(28-65-46)36-11-15-39(16-12-36)64-27-32-6-19-41(52)42(53)20-32/h2-20,23-24,29,43,45,48H,21-22,26-28H2,1H3,(H2,55,57)(H,56,59)/t43-,45?,48+/m0/s1. The Hall–Kier alpha value is -6.93. The van der Waals surface area contributed by atoms with Crippen molar-refractivity contribution in [2.75, 3.05) is 19.5 Å². The summed E-state index contributed by atoms with van der Waals surface area (Å²) in [6, 6.07) is 36.9. The first kappa shape index (κ1) is 46.2. The van der Waals surface area contributed by atoms with E-state index in [1.807, 2.05) is 66.7 Å². The number of aromatic nitrogens is 1. The number of ether oxygens (including phenoxy) is 4. The highest BCUT2D eigenvalue weighted by atomic mass is 35.5. The summed E-state index contributed by atoms with van der Waals surface area (Å²) >= 11 is 13.5. The van der Waals surface area contributed by atoms with E-state index < -0.39 is 40.1 Å². The van der Waals surface area contributed by atoms with Gasteiger partial charge in [0.05, 0.1) is 39.4 Å². The second-order valence-corrected chi connectivity index (χ2v) is 19.7. The minimum absolute atomic E-state index is 0.0342. The number of methoxy groups -OCH3 is 1. The van der Waals surface area contributed by atoms with E-state index in [1.165, 1.54) is 30.6 Å². The van der Waals surface area contributed by atoms with Crippen molar-refractivity contribution in [3.8, 4) is 45.7 Å². The van der Waals surface area contributed by atoms with E-state index in [2.05, 4.69) is 16.4 Å². The van der Waals surface area contributed by atoms with E-state index >= 15 is 0 Å². The minimum Gasteiger partial charge on any atom is -0.489 e. The number of nitriles is 1. The number of anilines is 1. The summed E-state index contributed by atoms with van der Waals surface area (Å²) in [5.41, 5.74) is 13.2. The van der Waals surface area contributed by atoms with E-state index in [1.54, 1.807) is 53.9 Å². The van der Waals surface area contributed by atoms with Crippen LogP contribution in [-0.4, -0.2) is 55.4 Å². The van der Waals surface area contributed by atoms with E-state index in [0.717, 1.165) is 32.1 Å². The third-order valence-corrected chi connectivity index (χ3v) is 15.1. The molecule has 13 nitrogen and oxygen atoms in total. The Morgan fingerprint density at radius 2 is 1.56 bits per heavy atom. The molecule has 0 radical (unpaired) electrons. The summed E-state index contributed by atoms with van der Waals surface area (Å²) in [6.07, 6.45) is -0.451. The first-order chi connectivity index (χ1) is 32.8. The zero-order chi connectivity index (χ0) is 47.5. The predicted molar refractivity (Wildman–Crippen MR) is 259 cm³/mol. The highest BCUT2D eigenvalue weighted by Gasteiger charge is 2.42. The van der Waals surface area contributed by atoms with Crippen LogP contribution in [0.5, 0.6) is 17.2 Å². The summed E-state index contributed by atoms with van der Waals surface area (Å²) in [6.45, 7) is 0.300. The maximum absolute atomic E-state index is 14.8. The van der Waals surface area contributed by atoms with Gasteiger partial charge in [-0.3, -0.25) is 4.79 Å². The number of hydrogen-bond donors (Lipinski definition) is 2. The van der Waals surface area contributed by atoms with Crippen LogP contribution >= 0.6 is 34.5 Å². The van der Waals surface area contributed by atoms with Gasteiger partial charge in [0.15, 0.2) is 22.7 Å². The topological polar surface area (TPSA) is 183 Å². The third-order valence-electron chi connectivity index (χ3n) is 11.8. The molecule has 0 spiro atoms. The molecule has 2 aliphatic rings. The average molecular weight is 987 g/mol. The van der Waals surface area contributed by atoms with E-state index in [4.69, 9.17) is 47.9 Å². The molecule has 0 aliphatic carbocycles. The number of halogens is 2. The Morgan fingerprint density at radius 3 is 2.22 bits per heavy atom. The summed E-state index contributed by atoms with van der Waals surface area (Å²) in [5, 5.41) is 15.1. The molecule has 0 saturated carbocycles. The number of amides is 1. The van der Waals surface area contributed by atoms with Gasteiger partial charge >= 0.3 is 5.97 Å². The van der Waals surface area contributed by atoms with Crippen molar-refractivity contribution in [2.45, 2.75) is 49.1 Å². The van der Waals surface area contributed by atoms with Crippen LogP contribution in [-0.2, 0) is 50.3 Å². The van der Waals surface area contributed by atoms with Crippen molar-refractivity contribution in [3.05, 3.63) is 176 Å².